The lowest BCUT2D eigenvalue weighted by Crippen LogP contribution is -2.45. The van der Waals surface area contributed by atoms with Crippen molar-refractivity contribution in [2.24, 2.45) is 11.3 Å². The molecule has 1 N–H and O–H groups in total. The van der Waals surface area contributed by atoms with Gasteiger partial charge in [-0.15, -0.1) is 0 Å². The second-order valence-electron chi connectivity index (χ2n) is 7.13. The van der Waals surface area contributed by atoms with E-state index in [1.54, 1.807) is 6.07 Å². The first-order valence-electron chi connectivity index (χ1n) is 7.46. The fraction of sp³-hybridized carbons (Fsp3) is 0.647. The molecule has 1 fully saturated rings. The van der Waals surface area contributed by atoms with Gasteiger partial charge in [-0.25, -0.2) is 0 Å². The van der Waals surface area contributed by atoms with E-state index in [0.717, 1.165) is 25.3 Å². The molecule has 2 atom stereocenters. The monoisotopic (exact) mass is 300 g/mol. The van der Waals surface area contributed by atoms with Crippen LogP contribution in [-0.2, 0) is 11.8 Å². The summed E-state index contributed by atoms with van der Waals surface area (Å²) in [6.07, 6.45) is -1.58. The molecule has 2 unspecified atom stereocenters. The highest BCUT2D eigenvalue weighted by Gasteiger charge is 2.49. The van der Waals surface area contributed by atoms with Crippen molar-refractivity contribution in [3.05, 3.63) is 35.4 Å². The molecule has 0 radical (unpaired) electrons. The van der Waals surface area contributed by atoms with Gasteiger partial charge in [0, 0.05) is 0 Å². The van der Waals surface area contributed by atoms with Crippen LogP contribution in [0.25, 0.3) is 0 Å². The normalized spacial score (nSPS) is 27.7. The van der Waals surface area contributed by atoms with Crippen LogP contribution < -0.4 is 0 Å². The van der Waals surface area contributed by atoms with Crippen molar-refractivity contribution >= 4 is 0 Å². The highest BCUT2D eigenvalue weighted by molar-refractivity contribution is 5.36. The Balaban J connectivity index is 2.57. The zero-order valence-electron chi connectivity index (χ0n) is 12.8. The van der Waals surface area contributed by atoms with E-state index in [9.17, 15) is 18.3 Å². The topological polar surface area (TPSA) is 20.2 Å². The highest BCUT2D eigenvalue weighted by Crippen LogP contribution is 2.52. The van der Waals surface area contributed by atoms with Crippen LogP contribution in [0.4, 0.5) is 13.2 Å². The standard InChI is InChI=1S/C17H23F3O/c1-15(2,3)14-10-6-7-11-16(14,21)12-8-4-5-9-13(12)17(18,19)20/h4-5,8-9,14,21H,6-7,10-11H2,1-3H3. The highest BCUT2D eigenvalue weighted by atomic mass is 19.4. The molecule has 1 aromatic rings. The SMILES string of the molecule is CC(C)(C)C1CCCCC1(O)c1ccccc1C(F)(F)F. The molecule has 1 aromatic carbocycles. The first kappa shape index (κ1) is 16.3. The van der Waals surface area contributed by atoms with Gasteiger partial charge in [-0.05, 0) is 35.8 Å². The molecule has 21 heavy (non-hydrogen) atoms. The number of hydrogen-bond donors (Lipinski definition) is 1. The minimum Gasteiger partial charge on any atom is -0.385 e. The smallest absolute Gasteiger partial charge is 0.385 e. The van der Waals surface area contributed by atoms with Crippen LogP contribution in [0.15, 0.2) is 24.3 Å². The summed E-state index contributed by atoms with van der Waals surface area (Å²) in [6, 6.07) is 5.47. The van der Waals surface area contributed by atoms with E-state index in [-0.39, 0.29) is 16.9 Å². The Labute approximate surface area is 124 Å². The van der Waals surface area contributed by atoms with E-state index in [4.69, 9.17) is 0 Å². The molecule has 0 amide bonds. The molecular weight excluding hydrogens is 277 g/mol. The molecule has 0 bridgehead atoms. The van der Waals surface area contributed by atoms with Crippen LogP contribution in [-0.4, -0.2) is 5.11 Å². The first-order valence-corrected chi connectivity index (χ1v) is 7.46. The van der Waals surface area contributed by atoms with E-state index < -0.39 is 17.3 Å². The molecule has 0 spiro atoms. The average molecular weight is 300 g/mol. The molecule has 1 aliphatic carbocycles. The van der Waals surface area contributed by atoms with Gasteiger partial charge in [-0.2, -0.15) is 13.2 Å². The molecule has 4 heteroatoms. The number of halogens is 3. The predicted molar refractivity (Wildman–Crippen MR) is 76.8 cm³/mol. The Bertz CT molecular complexity index is 501. The van der Waals surface area contributed by atoms with Gasteiger partial charge in [0.1, 0.15) is 0 Å². The summed E-state index contributed by atoms with van der Waals surface area (Å²) in [5.74, 6) is -0.178. The maximum absolute atomic E-state index is 13.3. The lowest BCUT2D eigenvalue weighted by atomic mass is 9.61. The van der Waals surface area contributed by atoms with Gasteiger partial charge in [0.2, 0.25) is 0 Å². The predicted octanol–water partition coefficient (Wildman–Crippen LogP) is 5.13. The third-order valence-electron chi connectivity index (χ3n) is 4.62. The van der Waals surface area contributed by atoms with Gasteiger partial charge in [-0.1, -0.05) is 51.8 Å². The molecule has 0 aliphatic heterocycles. The number of aliphatic hydroxyl groups is 1. The molecular formula is C17H23F3O. The average Bonchev–Trinajstić information content (AvgIpc) is 2.37. The van der Waals surface area contributed by atoms with Crippen molar-refractivity contribution in [1.82, 2.24) is 0 Å². The van der Waals surface area contributed by atoms with Crippen LogP contribution in [0.3, 0.4) is 0 Å². The van der Waals surface area contributed by atoms with Crippen LogP contribution in [0.5, 0.6) is 0 Å². The Morgan fingerprint density at radius 1 is 1.10 bits per heavy atom. The fourth-order valence-electron chi connectivity index (χ4n) is 3.74. The van der Waals surface area contributed by atoms with E-state index in [2.05, 4.69) is 0 Å². The van der Waals surface area contributed by atoms with Crippen molar-refractivity contribution in [2.45, 2.75) is 58.2 Å². The molecule has 1 aliphatic rings. The molecule has 1 saturated carbocycles. The van der Waals surface area contributed by atoms with Crippen LogP contribution in [0.1, 0.15) is 57.6 Å². The van der Waals surface area contributed by atoms with Crippen LogP contribution >= 0.6 is 0 Å². The number of hydrogen-bond acceptors (Lipinski definition) is 1. The number of benzene rings is 1. The Hall–Kier alpha value is -1.03. The summed E-state index contributed by atoms with van der Waals surface area (Å²) in [7, 11) is 0. The Kier molecular flexibility index (Phi) is 4.13. The first-order chi connectivity index (χ1) is 9.57. The maximum atomic E-state index is 13.3. The minimum absolute atomic E-state index is 0.0390. The number of rotatable bonds is 1. The van der Waals surface area contributed by atoms with Gasteiger partial charge >= 0.3 is 6.18 Å². The second kappa shape index (κ2) is 5.31. The third kappa shape index (κ3) is 3.10. The molecule has 118 valence electrons. The minimum atomic E-state index is -4.44. The molecule has 0 aromatic heterocycles. The van der Waals surface area contributed by atoms with Gasteiger partial charge in [0.15, 0.2) is 0 Å². The summed E-state index contributed by atoms with van der Waals surface area (Å²) in [6.45, 7) is 5.97. The van der Waals surface area contributed by atoms with Crippen molar-refractivity contribution in [3.8, 4) is 0 Å². The summed E-state index contributed by atoms with van der Waals surface area (Å²) < 4.78 is 39.9. The van der Waals surface area contributed by atoms with Gasteiger partial charge in [0.05, 0.1) is 11.2 Å². The van der Waals surface area contributed by atoms with E-state index in [1.165, 1.54) is 12.1 Å². The fourth-order valence-corrected chi connectivity index (χ4v) is 3.74. The second-order valence-corrected chi connectivity index (χ2v) is 7.13. The summed E-state index contributed by atoms with van der Waals surface area (Å²) >= 11 is 0. The van der Waals surface area contributed by atoms with Gasteiger partial charge < -0.3 is 5.11 Å². The zero-order chi connectivity index (χ0) is 15.9. The largest absolute Gasteiger partial charge is 0.416 e. The summed E-state index contributed by atoms with van der Waals surface area (Å²) in [4.78, 5) is 0. The molecule has 0 saturated heterocycles. The molecule has 0 heterocycles. The Morgan fingerprint density at radius 3 is 2.29 bits per heavy atom. The van der Waals surface area contributed by atoms with Crippen molar-refractivity contribution in [2.75, 3.05) is 0 Å². The van der Waals surface area contributed by atoms with Crippen LogP contribution in [0.2, 0.25) is 0 Å². The maximum Gasteiger partial charge on any atom is 0.416 e. The Morgan fingerprint density at radius 2 is 1.71 bits per heavy atom. The zero-order valence-corrected chi connectivity index (χ0v) is 12.8. The third-order valence-corrected chi connectivity index (χ3v) is 4.62. The summed E-state index contributed by atoms with van der Waals surface area (Å²) in [5, 5.41) is 11.2. The van der Waals surface area contributed by atoms with Gasteiger partial charge in [0.25, 0.3) is 0 Å². The molecule has 1 nitrogen and oxygen atoms in total. The molecule has 2 rings (SSSR count). The number of alkyl halides is 3. The van der Waals surface area contributed by atoms with E-state index in [1.807, 2.05) is 20.8 Å². The quantitative estimate of drug-likeness (QED) is 0.762. The van der Waals surface area contributed by atoms with Crippen molar-refractivity contribution in [1.29, 1.82) is 0 Å². The van der Waals surface area contributed by atoms with Crippen LogP contribution in [0, 0.1) is 11.3 Å². The lowest BCUT2D eigenvalue weighted by Gasteiger charge is -2.47. The lowest BCUT2D eigenvalue weighted by molar-refractivity contribution is -0.147. The van der Waals surface area contributed by atoms with Crippen molar-refractivity contribution in [3.63, 3.8) is 0 Å². The van der Waals surface area contributed by atoms with E-state index >= 15 is 0 Å². The van der Waals surface area contributed by atoms with E-state index in [0.29, 0.717) is 6.42 Å². The van der Waals surface area contributed by atoms with Crippen molar-refractivity contribution < 1.29 is 18.3 Å². The van der Waals surface area contributed by atoms with Gasteiger partial charge in [-0.3, -0.25) is 0 Å². The summed E-state index contributed by atoms with van der Waals surface area (Å²) in [5.41, 5.74) is -2.31.